The quantitative estimate of drug-likeness (QED) is 0.600. The molecule has 6 nitrogen and oxygen atoms in total. The molecule has 0 saturated carbocycles. The van der Waals surface area contributed by atoms with Crippen LogP contribution in [0.15, 0.2) is 0 Å². The summed E-state index contributed by atoms with van der Waals surface area (Å²) in [4.78, 5) is 22.9. The van der Waals surface area contributed by atoms with E-state index in [0.29, 0.717) is 38.5 Å². The van der Waals surface area contributed by atoms with Crippen LogP contribution in [0.1, 0.15) is 66.2 Å². The lowest BCUT2D eigenvalue weighted by molar-refractivity contribution is -0.259. The topological polar surface area (TPSA) is 76.1 Å². The van der Waals surface area contributed by atoms with Crippen LogP contribution in [0.5, 0.6) is 0 Å². The first-order valence-electron chi connectivity index (χ1n) is 7.84. The van der Waals surface area contributed by atoms with E-state index in [9.17, 15) is 14.8 Å². The van der Waals surface area contributed by atoms with Gasteiger partial charge in [0, 0.05) is 36.8 Å². The standard InChI is InChI=1S/C16H29NO5/c1-15(2)10-12(11-16(3,4)17(15)20)22-14(19)9-7-6-8-13(18)21-5/h12,20H,6-11H2,1-5H3. The van der Waals surface area contributed by atoms with Crippen molar-refractivity contribution in [2.24, 2.45) is 0 Å². The van der Waals surface area contributed by atoms with Crippen LogP contribution >= 0.6 is 0 Å². The zero-order chi connectivity index (χ0) is 17.0. The molecule has 6 heteroatoms. The van der Waals surface area contributed by atoms with Crippen LogP contribution in [0, 0.1) is 0 Å². The number of hydroxylamine groups is 2. The van der Waals surface area contributed by atoms with E-state index in [-0.39, 0.29) is 18.0 Å². The van der Waals surface area contributed by atoms with Gasteiger partial charge < -0.3 is 14.7 Å². The van der Waals surface area contributed by atoms with Crippen LogP contribution in [-0.2, 0) is 19.1 Å². The Morgan fingerprint density at radius 2 is 1.50 bits per heavy atom. The number of unbranched alkanes of at least 4 members (excludes halogenated alkanes) is 1. The summed E-state index contributed by atoms with van der Waals surface area (Å²) < 4.78 is 10.1. The van der Waals surface area contributed by atoms with Crippen LogP contribution in [-0.4, -0.2) is 46.5 Å². The number of hydrogen-bond acceptors (Lipinski definition) is 6. The first kappa shape index (κ1) is 18.9. The highest BCUT2D eigenvalue weighted by atomic mass is 16.5. The predicted octanol–water partition coefficient (Wildman–Crippen LogP) is 2.67. The Morgan fingerprint density at radius 1 is 1.05 bits per heavy atom. The molecule has 0 aromatic carbocycles. The van der Waals surface area contributed by atoms with Gasteiger partial charge in [-0.15, -0.1) is 0 Å². The predicted molar refractivity (Wildman–Crippen MR) is 81.4 cm³/mol. The second-order valence-electron chi connectivity index (χ2n) is 7.24. The van der Waals surface area contributed by atoms with Crippen molar-refractivity contribution in [3.05, 3.63) is 0 Å². The summed E-state index contributed by atoms with van der Waals surface area (Å²) in [7, 11) is 1.35. The van der Waals surface area contributed by atoms with E-state index in [1.807, 2.05) is 27.7 Å². The summed E-state index contributed by atoms with van der Waals surface area (Å²) in [5.41, 5.74) is -0.866. The number of methoxy groups -OCH3 is 1. The highest BCUT2D eigenvalue weighted by Gasteiger charge is 2.46. The molecule has 1 aliphatic heterocycles. The normalized spacial score (nSPS) is 21.4. The molecule has 0 bridgehead atoms. The van der Waals surface area contributed by atoms with Crippen molar-refractivity contribution in [2.75, 3.05) is 7.11 Å². The minimum Gasteiger partial charge on any atom is -0.469 e. The lowest BCUT2D eigenvalue weighted by atomic mass is 9.80. The van der Waals surface area contributed by atoms with Gasteiger partial charge in [0.2, 0.25) is 0 Å². The average Bonchev–Trinajstić information content (AvgIpc) is 2.40. The van der Waals surface area contributed by atoms with Crippen molar-refractivity contribution in [1.82, 2.24) is 5.06 Å². The van der Waals surface area contributed by atoms with Crippen LogP contribution < -0.4 is 0 Å². The summed E-state index contributed by atoms with van der Waals surface area (Å²) in [5.74, 6) is -0.500. The van der Waals surface area contributed by atoms with Crippen LogP contribution in [0.3, 0.4) is 0 Å². The molecular weight excluding hydrogens is 286 g/mol. The molecule has 1 fully saturated rings. The Kier molecular flexibility index (Phi) is 6.38. The minimum absolute atomic E-state index is 0.193. The SMILES string of the molecule is COC(=O)CCCCC(=O)OC1CC(C)(C)N(O)C(C)(C)C1. The summed E-state index contributed by atoms with van der Waals surface area (Å²) >= 11 is 0. The third-order valence-electron chi connectivity index (χ3n) is 4.14. The maximum absolute atomic E-state index is 11.9. The maximum Gasteiger partial charge on any atom is 0.306 e. The molecule has 1 heterocycles. The molecule has 0 spiro atoms. The van der Waals surface area contributed by atoms with Gasteiger partial charge in [-0.3, -0.25) is 9.59 Å². The maximum atomic E-state index is 11.9. The lowest BCUT2D eigenvalue weighted by Gasteiger charge is -2.50. The van der Waals surface area contributed by atoms with Crippen molar-refractivity contribution in [2.45, 2.75) is 83.4 Å². The Morgan fingerprint density at radius 3 is 1.95 bits per heavy atom. The molecule has 1 aliphatic rings. The second kappa shape index (κ2) is 7.42. The van der Waals surface area contributed by atoms with Gasteiger partial charge in [0.25, 0.3) is 0 Å². The summed E-state index contributed by atoms with van der Waals surface area (Å²) in [6, 6.07) is 0. The highest BCUT2D eigenvalue weighted by Crippen LogP contribution is 2.38. The average molecular weight is 315 g/mol. The Labute approximate surface area is 132 Å². The molecule has 22 heavy (non-hydrogen) atoms. The van der Waals surface area contributed by atoms with E-state index < -0.39 is 11.1 Å². The van der Waals surface area contributed by atoms with Crippen LogP contribution in [0.25, 0.3) is 0 Å². The number of hydrogen-bond donors (Lipinski definition) is 1. The monoisotopic (exact) mass is 315 g/mol. The molecule has 1 rings (SSSR count). The van der Waals surface area contributed by atoms with Gasteiger partial charge in [-0.1, -0.05) is 0 Å². The molecule has 0 radical (unpaired) electrons. The van der Waals surface area contributed by atoms with Gasteiger partial charge in [-0.2, -0.15) is 5.06 Å². The minimum atomic E-state index is -0.433. The van der Waals surface area contributed by atoms with Crippen molar-refractivity contribution in [1.29, 1.82) is 0 Å². The number of carbonyl (C=O) groups is 2. The number of esters is 2. The van der Waals surface area contributed by atoms with E-state index in [4.69, 9.17) is 4.74 Å². The van der Waals surface area contributed by atoms with Crippen LogP contribution in [0.4, 0.5) is 0 Å². The second-order valence-corrected chi connectivity index (χ2v) is 7.24. The molecule has 0 aromatic rings. The molecule has 0 amide bonds. The fourth-order valence-corrected chi connectivity index (χ4v) is 3.15. The fraction of sp³-hybridized carbons (Fsp3) is 0.875. The molecule has 0 unspecified atom stereocenters. The first-order valence-corrected chi connectivity index (χ1v) is 7.84. The van der Waals surface area contributed by atoms with Gasteiger partial charge in [0.15, 0.2) is 0 Å². The van der Waals surface area contributed by atoms with E-state index >= 15 is 0 Å². The fourth-order valence-electron chi connectivity index (χ4n) is 3.15. The third kappa shape index (κ3) is 5.25. The lowest BCUT2D eigenvalue weighted by Crippen LogP contribution is -2.60. The van der Waals surface area contributed by atoms with Gasteiger partial charge in [-0.05, 0) is 40.5 Å². The van der Waals surface area contributed by atoms with Gasteiger partial charge in [0.05, 0.1) is 7.11 Å². The Hall–Kier alpha value is -1.14. The molecule has 128 valence electrons. The van der Waals surface area contributed by atoms with E-state index in [1.54, 1.807) is 0 Å². The zero-order valence-corrected chi connectivity index (χ0v) is 14.3. The van der Waals surface area contributed by atoms with E-state index in [2.05, 4.69) is 4.74 Å². The third-order valence-corrected chi connectivity index (χ3v) is 4.14. The first-order chi connectivity index (χ1) is 10.1. The van der Waals surface area contributed by atoms with Gasteiger partial charge >= 0.3 is 11.9 Å². The molecule has 1 saturated heterocycles. The molecule has 0 aliphatic carbocycles. The summed E-state index contributed by atoms with van der Waals surface area (Å²) in [6.45, 7) is 7.74. The van der Waals surface area contributed by atoms with E-state index in [0.717, 1.165) is 0 Å². The molecule has 1 N–H and O–H groups in total. The number of piperidine rings is 1. The summed E-state index contributed by atoms with van der Waals surface area (Å²) in [6.07, 6.45) is 2.86. The number of rotatable bonds is 6. The number of ether oxygens (including phenoxy) is 2. The number of carbonyl (C=O) groups excluding carboxylic acids is 2. The molecule has 0 aromatic heterocycles. The largest absolute Gasteiger partial charge is 0.469 e. The van der Waals surface area contributed by atoms with Crippen molar-refractivity contribution in [3.8, 4) is 0 Å². The summed E-state index contributed by atoms with van der Waals surface area (Å²) in [5, 5.41) is 11.6. The van der Waals surface area contributed by atoms with Crippen molar-refractivity contribution >= 4 is 11.9 Å². The van der Waals surface area contributed by atoms with E-state index in [1.165, 1.54) is 12.2 Å². The number of nitrogens with zero attached hydrogens (tertiary/aromatic N) is 1. The molecular formula is C16H29NO5. The zero-order valence-electron chi connectivity index (χ0n) is 14.3. The Balaban J connectivity index is 2.40. The highest BCUT2D eigenvalue weighted by molar-refractivity contribution is 5.70. The van der Waals surface area contributed by atoms with Crippen molar-refractivity contribution in [3.63, 3.8) is 0 Å². The smallest absolute Gasteiger partial charge is 0.306 e. The Bertz CT molecular complexity index is 387. The van der Waals surface area contributed by atoms with Crippen molar-refractivity contribution < 1.29 is 24.3 Å². The van der Waals surface area contributed by atoms with Gasteiger partial charge in [-0.25, -0.2) is 0 Å². The van der Waals surface area contributed by atoms with Crippen LogP contribution in [0.2, 0.25) is 0 Å². The molecule has 0 atom stereocenters. The van der Waals surface area contributed by atoms with Gasteiger partial charge in [0.1, 0.15) is 6.10 Å².